The van der Waals surface area contributed by atoms with Crippen molar-refractivity contribution in [1.29, 1.82) is 0 Å². The number of nitrogens with zero attached hydrogens (tertiary/aromatic N) is 1. The Morgan fingerprint density at radius 1 is 1.12 bits per heavy atom. The summed E-state index contributed by atoms with van der Waals surface area (Å²) in [5.74, 6) is 0. The van der Waals surface area contributed by atoms with Crippen molar-refractivity contribution in [2.45, 2.75) is 0 Å². The first kappa shape index (κ1) is 10.4. The van der Waals surface area contributed by atoms with Crippen molar-refractivity contribution in [1.82, 2.24) is 0 Å². The lowest BCUT2D eigenvalue weighted by Crippen LogP contribution is -2.27. The molecule has 2 rings (SSSR count). The summed E-state index contributed by atoms with van der Waals surface area (Å²) >= 11 is 0. The number of rotatable bonds is 3. The lowest BCUT2D eigenvalue weighted by Gasteiger charge is -2.05. The van der Waals surface area contributed by atoms with Crippen molar-refractivity contribution in [2.24, 2.45) is 0 Å². The molecule has 3 N–H and O–H groups in total. The molecule has 0 aliphatic rings. The Balaban J connectivity index is 2.76. The number of benzene rings is 1. The van der Waals surface area contributed by atoms with Crippen LogP contribution < -0.4 is 20.7 Å². The molecule has 0 saturated heterocycles. The molecule has 2 aromatic rings. The fraction of sp³-hybridized carbons (Fsp3) is 0.300. The average Bonchev–Trinajstić information content (AvgIpc) is 2.65. The van der Waals surface area contributed by atoms with E-state index in [2.05, 4.69) is 16.0 Å². The van der Waals surface area contributed by atoms with Gasteiger partial charge in [-0.2, -0.15) is 4.73 Å². The van der Waals surface area contributed by atoms with Gasteiger partial charge in [-0.15, -0.1) is 0 Å². The second-order valence-corrected chi connectivity index (χ2v) is 3.32. The summed E-state index contributed by atoms with van der Waals surface area (Å²) in [4.78, 5) is 0. The number of fused-ring (bicyclic) bond motifs is 1. The van der Waals surface area contributed by atoms with Crippen molar-refractivity contribution < 1.29 is 9.15 Å². The van der Waals surface area contributed by atoms with Crippen molar-refractivity contribution in [3.05, 3.63) is 17.3 Å². The van der Waals surface area contributed by atoms with E-state index in [0.717, 1.165) is 16.1 Å². The van der Waals surface area contributed by atoms with Gasteiger partial charge < -0.3 is 20.3 Å². The van der Waals surface area contributed by atoms with Crippen LogP contribution in [-0.2, 0) is 0 Å². The van der Waals surface area contributed by atoms with Crippen LogP contribution in [0.3, 0.4) is 0 Å². The quantitative estimate of drug-likeness (QED) is 0.537. The average molecular weight is 222 g/mol. The second kappa shape index (κ2) is 3.80. The molecule has 0 radical (unpaired) electrons. The van der Waals surface area contributed by atoms with Crippen LogP contribution in [0.1, 0.15) is 0 Å². The molecular weight excluding hydrogens is 208 g/mol. The lowest BCUT2D eigenvalue weighted by atomic mass is 10.2. The van der Waals surface area contributed by atoms with E-state index >= 15 is 0 Å². The lowest BCUT2D eigenvalue weighted by molar-refractivity contribution is -0.565. The molecule has 16 heavy (non-hydrogen) atoms. The number of oxazole rings is 1. The minimum atomic E-state index is 0.180. The van der Waals surface area contributed by atoms with E-state index < -0.39 is 0 Å². The minimum absolute atomic E-state index is 0.180. The summed E-state index contributed by atoms with van der Waals surface area (Å²) in [7, 11) is 5.23. The fourth-order valence-electron chi connectivity index (χ4n) is 1.60. The van der Waals surface area contributed by atoms with Gasteiger partial charge >= 0.3 is 6.01 Å². The Labute approximate surface area is 92.8 Å². The molecule has 0 atom stereocenters. The summed E-state index contributed by atoms with van der Waals surface area (Å²) in [5, 5.41) is 20.5. The molecule has 1 aromatic heterocycles. The summed E-state index contributed by atoms with van der Waals surface area (Å²) in [6, 6.07) is 3.80. The van der Waals surface area contributed by atoms with Crippen LogP contribution in [0.2, 0.25) is 0 Å². The highest BCUT2D eigenvalue weighted by atomic mass is 16.5. The largest absolute Gasteiger partial charge is 0.708 e. The molecular formula is C10H14N4O2. The van der Waals surface area contributed by atoms with Gasteiger partial charge in [-0.1, -0.05) is 0 Å². The zero-order valence-electron chi connectivity index (χ0n) is 9.42. The first-order valence-corrected chi connectivity index (χ1v) is 4.94. The first-order valence-electron chi connectivity index (χ1n) is 4.94. The van der Waals surface area contributed by atoms with Gasteiger partial charge in [0.2, 0.25) is 5.58 Å². The van der Waals surface area contributed by atoms with Crippen LogP contribution in [-0.4, -0.2) is 21.1 Å². The smallest absolute Gasteiger partial charge is 0.458 e. The molecule has 1 aromatic carbocycles. The van der Waals surface area contributed by atoms with Gasteiger partial charge in [0.1, 0.15) is 0 Å². The van der Waals surface area contributed by atoms with E-state index in [9.17, 15) is 5.21 Å². The Morgan fingerprint density at radius 2 is 1.88 bits per heavy atom. The maximum Gasteiger partial charge on any atom is 0.458 e. The Bertz CT molecular complexity index is 521. The third kappa shape index (κ3) is 1.39. The third-order valence-corrected chi connectivity index (χ3v) is 2.44. The predicted molar refractivity (Wildman–Crippen MR) is 63.8 cm³/mol. The van der Waals surface area contributed by atoms with E-state index in [4.69, 9.17) is 4.42 Å². The molecule has 0 unspecified atom stereocenters. The number of anilines is 3. The molecule has 6 heteroatoms. The number of hydrogen-bond donors (Lipinski definition) is 3. The molecule has 0 spiro atoms. The van der Waals surface area contributed by atoms with Gasteiger partial charge in [0.15, 0.2) is 5.52 Å². The SMILES string of the molecule is CNc1cc(NC)c2oc(NC)[n+]([O-])c2c1. The van der Waals surface area contributed by atoms with Crippen molar-refractivity contribution in [2.75, 3.05) is 37.1 Å². The van der Waals surface area contributed by atoms with Crippen LogP contribution in [0.4, 0.5) is 17.4 Å². The minimum Gasteiger partial charge on any atom is -0.708 e. The van der Waals surface area contributed by atoms with Gasteiger partial charge in [0.05, 0.1) is 12.7 Å². The van der Waals surface area contributed by atoms with Crippen LogP contribution in [0.25, 0.3) is 11.1 Å². The molecule has 0 saturated carbocycles. The Kier molecular flexibility index (Phi) is 2.47. The normalized spacial score (nSPS) is 10.4. The van der Waals surface area contributed by atoms with Gasteiger partial charge in [0, 0.05) is 25.8 Å². The van der Waals surface area contributed by atoms with Crippen LogP contribution in [0.15, 0.2) is 16.5 Å². The molecule has 0 aliphatic carbocycles. The summed E-state index contributed by atoms with van der Waals surface area (Å²) < 4.78 is 6.15. The van der Waals surface area contributed by atoms with Crippen molar-refractivity contribution >= 4 is 28.5 Å². The van der Waals surface area contributed by atoms with Gasteiger partial charge in [-0.05, 0) is 6.07 Å². The highest BCUT2D eigenvalue weighted by molar-refractivity contribution is 5.88. The molecule has 0 aliphatic heterocycles. The maximum absolute atomic E-state index is 11.8. The van der Waals surface area contributed by atoms with Crippen LogP contribution in [0, 0.1) is 5.21 Å². The highest BCUT2D eigenvalue weighted by Crippen LogP contribution is 2.28. The van der Waals surface area contributed by atoms with Crippen LogP contribution >= 0.6 is 0 Å². The Hall–Kier alpha value is -2.11. The Morgan fingerprint density at radius 3 is 2.44 bits per heavy atom. The first-order chi connectivity index (χ1) is 7.71. The monoisotopic (exact) mass is 222 g/mol. The van der Waals surface area contributed by atoms with Gasteiger partial charge in [0.25, 0.3) is 0 Å². The van der Waals surface area contributed by atoms with E-state index in [0.29, 0.717) is 11.1 Å². The van der Waals surface area contributed by atoms with Gasteiger partial charge in [-0.25, -0.2) is 5.32 Å². The van der Waals surface area contributed by atoms with E-state index in [-0.39, 0.29) is 6.01 Å². The predicted octanol–water partition coefficient (Wildman–Crippen LogP) is 1.19. The van der Waals surface area contributed by atoms with E-state index in [1.165, 1.54) is 0 Å². The molecule has 0 bridgehead atoms. The van der Waals surface area contributed by atoms with Crippen molar-refractivity contribution in [3.8, 4) is 0 Å². The van der Waals surface area contributed by atoms with Gasteiger partial charge in [-0.3, -0.25) is 0 Å². The third-order valence-electron chi connectivity index (χ3n) is 2.44. The number of nitrogens with one attached hydrogen (secondary N) is 3. The second-order valence-electron chi connectivity index (χ2n) is 3.32. The maximum atomic E-state index is 11.8. The summed E-state index contributed by atoms with van der Waals surface area (Å²) in [5.41, 5.74) is 2.65. The highest BCUT2D eigenvalue weighted by Gasteiger charge is 2.17. The standard InChI is InChI=1S/C10H14N4O2/c1-11-6-4-7(12-2)9-8(5-6)14(15)10(13-3)16-9/h4-5,11-13H,1-3H3. The fourth-order valence-corrected chi connectivity index (χ4v) is 1.60. The molecule has 0 fully saturated rings. The summed E-state index contributed by atoms with van der Waals surface area (Å²) in [6.45, 7) is 0. The molecule has 0 amide bonds. The number of aromatic nitrogens is 1. The van der Waals surface area contributed by atoms with E-state index in [1.54, 1.807) is 27.2 Å². The zero-order valence-corrected chi connectivity index (χ0v) is 9.42. The zero-order chi connectivity index (χ0) is 11.7. The van der Waals surface area contributed by atoms with Crippen LogP contribution in [0.5, 0.6) is 0 Å². The molecule has 86 valence electrons. The number of hydrogen-bond acceptors (Lipinski definition) is 5. The van der Waals surface area contributed by atoms with Crippen molar-refractivity contribution in [3.63, 3.8) is 0 Å². The topological polar surface area (TPSA) is 76.2 Å². The molecule has 1 heterocycles. The summed E-state index contributed by atoms with van der Waals surface area (Å²) in [6.07, 6.45) is 0. The molecule has 6 nitrogen and oxygen atoms in total. The van der Waals surface area contributed by atoms with E-state index in [1.807, 2.05) is 6.07 Å².